The van der Waals surface area contributed by atoms with E-state index in [1.807, 2.05) is 13.1 Å². The van der Waals surface area contributed by atoms with Crippen LogP contribution < -0.4 is 4.90 Å². The molecular weight excluding hydrogens is 262 g/mol. The van der Waals surface area contributed by atoms with Crippen molar-refractivity contribution in [3.8, 4) is 0 Å². The van der Waals surface area contributed by atoms with Crippen molar-refractivity contribution in [2.45, 2.75) is 45.1 Å². The minimum atomic E-state index is -0.107. The van der Waals surface area contributed by atoms with Crippen LogP contribution in [0.25, 0.3) is 0 Å². The van der Waals surface area contributed by atoms with Crippen LogP contribution in [0.3, 0.4) is 0 Å². The molecule has 1 atom stereocenters. The molecule has 1 aromatic rings. The normalized spacial score (nSPS) is 19.7. The fraction of sp³-hybridized carbons (Fsp3) is 0.714. The third kappa shape index (κ3) is 3.80. The van der Waals surface area contributed by atoms with E-state index in [4.69, 9.17) is 16.3 Å². The topological polar surface area (TPSA) is 38.2 Å². The van der Waals surface area contributed by atoms with Gasteiger partial charge in [-0.1, -0.05) is 32.4 Å². The minimum absolute atomic E-state index is 0.107. The number of hydrogen-bond donors (Lipinski definition) is 0. The maximum atomic E-state index is 6.11. The molecule has 0 saturated carbocycles. The molecule has 1 aromatic heterocycles. The molecule has 1 fully saturated rings. The molecule has 1 saturated heterocycles. The lowest BCUT2D eigenvalue weighted by atomic mass is 9.96. The molecule has 1 aliphatic heterocycles. The number of aromatic nitrogens is 2. The third-order valence-electron chi connectivity index (χ3n) is 3.24. The van der Waals surface area contributed by atoms with E-state index in [0.29, 0.717) is 11.3 Å². The highest BCUT2D eigenvalue weighted by molar-refractivity contribution is 6.29. The van der Waals surface area contributed by atoms with Crippen LogP contribution in [0.1, 0.15) is 39.4 Å². The van der Waals surface area contributed by atoms with Gasteiger partial charge in [0.25, 0.3) is 0 Å². The molecule has 5 heteroatoms. The van der Waals surface area contributed by atoms with Crippen molar-refractivity contribution >= 4 is 17.4 Å². The third-order valence-corrected chi connectivity index (χ3v) is 3.44. The zero-order valence-corrected chi connectivity index (χ0v) is 12.9. The maximum Gasteiger partial charge on any atom is 0.137 e. The second-order valence-corrected chi connectivity index (χ2v) is 6.53. The number of hydrogen-bond acceptors (Lipinski definition) is 4. The van der Waals surface area contributed by atoms with Crippen LogP contribution in [-0.4, -0.2) is 36.3 Å². The molecule has 1 aliphatic rings. The number of anilines is 1. The number of rotatable bonds is 3. The van der Waals surface area contributed by atoms with Gasteiger partial charge in [-0.05, 0) is 12.8 Å². The van der Waals surface area contributed by atoms with Crippen LogP contribution >= 0.6 is 11.6 Å². The molecule has 0 spiro atoms. The Hall–Kier alpha value is -0.870. The summed E-state index contributed by atoms with van der Waals surface area (Å²) < 4.78 is 5.65. The first-order valence-corrected chi connectivity index (χ1v) is 7.12. The Labute approximate surface area is 120 Å². The van der Waals surface area contributed by atoms with E-state index >= 15 is 0 Å². The van der Waals surface area contributed by atoms with Crippen LogP contribution in [0, 0.1) is 0 Å². The fourth-order valence-electron chi connectivity index (χ4n) is 2.12. The second-order valence-electron chi connectivity index (χ2n) is 6.14. The lowest BCUT2D eigenvalue weighted by Gasteiger charge is -2.24. The first-order chi connectivity index (χ1) is 8.86. The Bertz CT molecular complexity index is 439. The number of nitrogens with zero attached hydrogens (tertiary/aromatic N) is 3. The molecule has 2 heterocycles. The van der Waals surface area contributed by atoms with Gasteiger partial charge < -0.3 is 9.64 Å². The average molecular weight is 284 g/mol. The summed E-state index contributed by atoms with van der Waals surface area (Å²) in [6.45, 7) is 7.97. The van der Waals surface area contributed by atoms with Crippen molar-refractivity contribution in [3.05, 3.63) is 17.0 Å². The standard InChI is InChI=1S/C14H22ClN3O/c1-14(2,3)13-16-11(15)8-12(17-13)18(4)9-10-6-5-7-19-10/h8,10H,5-7,9H2,1-4H3. The largest absolute Gasteiger partial charge is 0.376 e. The summed E-state index contributed by atoms with van der Waals surface area (Å²) >= 11 is 6.11. The zero-order chi connectivity index (χ0) is 14.0. The van der Waals surface area contributed by atoms with Gasteiger partial charge in [0.05, 0.1) is 6.10 Å². The molecule has 0 aliphatic carbocycles. The highest BCUT2D eigenvalue weighted by atomic mass is 35.5. The molecule has 0 bridgehead atoms. The van der Waals surface area contributed by atoms with Crippen LogP contribution in [-0.2, 0) is 10.2 Å². The van der Waals surface area contributed by atoms with Crippen LogP contribution in [0.4, 0.5) is 5.82 Å². The van der Waals surface area contributed by atoms with Gasteiger partial charge >= 0.3 is 0 Å². The quantitative estimate of drug-likeness (QED) is 0.799. The summed E-state index contributed by atoms with van der Waals surface area (Å²) in [5, 5.41) is 0.495. The summed E-state index contributed by atoms with van der Waals surface area (Å²) in [6.07, 6.45) is 2.57. The van der Waals surface area contributed by atoms with Crippen molar-refractivity contribution in [1.82, 2.24) is 9.97 Å². The Morgan fingerprint density at radius 2 is 2.16 bits per heavy atom. The Balaban J connectivity index is 2.16. The van der Waals surface area contributed by atoms with E-state index in [1.165, 1.54) is 0 Å². The van der Waals surface area contributed by atoms with Gasteiger partial charge in [-0.2, -0.15) is 0 Å². The van der Waals surface area contributed by atoms with Crippen molar-refractivity contribution in [1.29, 1.82) is 0 Å². The van der Waals surface area contributed by atoms with Crippen LogP contribution in [0.5, 0.6) is 0 Å². The molecule has 0 amide bonds. The van der Waals surface area contributed by atoms with Gasteiger partial charge in [0, 0.05) is 31.7 Å². The minimum Gasteiger partial charge on any atom is -0.376 e. The number of likely N-dealkylation sites (N-methyl/N-ethyl adjacent to an activating group) is 1. The summed E-state index contributed by atoms with van der Waals surface area (Å²) in [5.41, 5.74) is -0.107. The Morgan fingerprint density at radius 1 is 1.42 bits per heavy atom. The molecule has 106 valence electrons. The van der Waals surface area contributed by atoms with Gasteiger partial charge in [0.1, 0.15) is 16.8 Å². The van der Waals surface area contributed by atoms with Gasteiger partial charge in [-0.15, -0.1) is 0 Å². The van der Waals surface area contributed by atoms with Crippen molar-refractivity contribution in [3.63, 3.8) is 0 Å². The molecule has 0 radical (unpaired) electrons. The SMILES string of the molecule is CN(CC1CCCO1)c1cc(Cl)nc(C(C)(C)C)n1. The summed E-state index contributed by atoms with van der Waals surface area (Å²) in [6, 6.07) is 1.81. The summed E-state index contributed by atoms with van der Waals surface area (Å²) in [7, 11) is 2.02. The molecule has 0 N–H and O–H groups in total. The van der Waals surface area contributed by atoms with Crippen molar-refractivity contribution < 1.29 is 4.74 Å². The average Bonchev–Trinajstić information content (AvgIpc) is 2.79. The molecule has 19 heavy (non-hydrogen) atoms. The Morgan fingerprint density at radius 3 is 2.74 bits per heavy atom. The van der Waals surface area contributed by atoms with E-state index in [9.17, 15) is 0 Å². The van der Waals surface area contributed by atoms with Gasteiger partial charge in [-0.25, -0.2) is 9.97 Å². The van der Waals surface area contributed by atoms with E-state index in [2.05, 4.69) is 35.6 Å². The smallest absolute Gasteiger partial charge is 0.137 e. The van der Waals surface area contributed by atoms with Gasteiger partial charge in [-0.3, -0.25) is 0 Å². The zero-order valence-electron chi connectivity index (χ0n) is 12.1. The van der Waals surface area contributed by atoms with E-state index in [-0.39, 0.29) is 5.41 Å². The van der Waals surface area contributed by atoms with Gasteiger partial charge in [0.15, 0.2) is 0 Å². The molecular formula is C14H22ClN3O. The summed E-state index contributed by atoms with van der Waals surface area (Å²) in [5.74, 6) is 1.63. The first kappa shape index (κ1) is 14.5. The highest BCUT2D eigenvalue weighted by Crippen LogP contribution is 2.24. The Kier molecular flexibility index (Phi) is 4.31. The van der Waals surface area contributed by atoms with Crippen molar-refractivity contribution in [2.24, 2.45) is 0 Å². The lowest BCUT2D eigenvalue weighted by Crippen LogP contribution is -2.30. The van der Waals surface area contributed by atoms with E-state index in [0.717, 1.165) is 37.6 Å². The molecule has 1 unspecified atom stereocenters. The van der Waals surface area contributed by atoms with E-state index in [1.54, 1.807) is 0 Å². The predicted octanol–water partition coefficient (Wildman–Crippen LogP) is 3.04. The lowest BCUT2D eigenvalue weighted by molar-refractivity contribution is 0.116. The van der Waals surface area contributed by atoms with E-state index < -0.39 is 0 Å². The fourth-order valence-corrected chi connectivity index (χ4v) is 2.30. The molecule has 2 rings (SSSR count). The number of halogens is 1. The van der Waals surface area contributed by atoms with Crippen LogP contribution in [0.15, 0.2) is 6.07 Å². The van der Waals surface area contributed by atoms with Crippen LogP contribution in [0.2, 0.25) is 5.15 Å². The molecule has 4 nitrogen and oxygen atoms in total. The first-order valence-electron chi connectivity index (χ1n) is 6.74. The predicted molar refractivity (Wildman–Crippen MR) is 78.0 cm³/mol. The summed E-state index contributed by atoms with van der Waals surface area (Å²) in [4.78, 5) is 11.0. The van der Waals surface area contributed by atoms with Crippen molar-refractivity contribution in [2.75, 3.05) is 25.1 Å². The monoisotopic (exact) mass is 283 g/mol. The maximum absolute atomic E-state index is 6.11. The van der Waals surface area contributed by atoms with Gasteiger partial charge in [0.2, 0.25) is 0 Å². The second kappa shape index (κ2) is 5.63. The highest BCUT2D eigenvalue weighted by Gasteiger charge is 2.22. The molecule has 0 aromatic carbocycles. The number of ether oxygens (including phenoxy) is 1.